The van der Waals surface area contributed by atoms with Crippen LogP contribution in [0.15, 0.2) is 89.3 Å². The van der Waals surface area contributed by atoms with Gasteiger partial charge in [0.25, 0.3) is 0 Å². The molecule has 0 bridgehead atoms. The standard InChI is InChI=1S/C27H29N3O2S/c31-30(27-14-8-7-13-24(27)21-28-33(30)32)25-15-18-29(19-16-25)20-17-26(22-9-3-1-4-10-22)23-11-5-2-6-12-23/h1-14,21,25-26H,15-20H2. The predicted molar refractivity (Wildman–Crippen MR) is 136 cm³/mol. The minimum absolute atomic E-state index is 0.236. The first kappa shape index (κ1) is 22.3. The van der Waals surface area contributed by atoms with Gasteiger partial charge >= 0.3 is 11.5 Å². The molecule has 0 aliphatic carbocycles. The van der Waals surface area contributed by atoms with E-state index >= 15 is 0 Å². The van der Waals surface area contributed by atoms with Crippen molar-refractivity contribution in [1.29, 1.82) is 0 Å². The van der Waals surface area contributed by atoms with Gasteiger partial charge in [-0.25, -0.2) is 0 Å². The van der Waals surface area contributed by atoms with Gasteiger partial charge in [0.15, 0.2) is 5.69 Å². The van der Waals surface area contributed by atoms with Gasteiger partial charge in [-0.2, -0.15) is 0 Å². The number of fused-ring (bicyclic) bond motifs is 1. The number of hydroxylamine groups is 1. The molecular formula is C27H29N3O2S. The number of benzene rings is 3. The van der Waals surface area contributed by atoms with E-state index in [0.717, 1.165) is 44.5 Å². The van der Waals surface area contributed by atoms with Gasteiger partial charge in [0.05, 0.1) is 11.8 Å². The summed E-state index contributed by atoms with van der Waals surface area (Å²) in [6, 6.07) is 28.6. The molecule has 1 saturated heterocycles. The number of likely N-dealkylation sites (tertiary alicyclic amines) is 1. The van der Waals surface area contributed by atoms with E-state index in [1.165, 1.54) is 11.1 Å². The zero-order chi connectivity index (χ0) is 22.7. The van der Waals surface area contributed by atoms with E-state index in [0.29, 0.717) is 11.6 Å². The Labute approximate surface area is 199 Å². The Bertz CT molecular complexity index is 1050. The molecule has 5 nitrogen and oxygen atoms in total. The third-order valence-corrected chi connectivity index (χ3v) is 8.21. The molecule has 3 aromatic carbocycles. The van der Waals surface area contributed by atoms with E-state index in [2.05, 4.69) is 70.0 Å². The highest BCUT2D eigenvalue weighted by Crippen LogP contribution is 2.39. The third-order valence-electron chi connectivity index (χ3n) is 6.96. The molecule has 3 aromatic rings. The Hall–Kier alpha value is -2.48. The van der Waals surface area contributed by atoms with E-state index in [4.69, 9.17) is 0 Å². The maximum Gasteiger partial charge on any atom is 0.310 e. The predicted octanol–water partition coefficient (Wildman–Crippen LogP) is 5.19. The first-order valence-corrected chi connectivity index (χ1v) is 12.7. The summed E-state index contributed by atoms with van der Waals surface area (Å²) < 4.78 is 16.0. The smallest absolute Gasteiger partial charge is 0.310 e. The Balaban J connectivity index is 1.26. The van der Waals surface area contributed by atoms with E-state index in [1.54, 1.807) is 6.21 Å². The van der Waals surface area contributed by atoms with Gasteiger partial charge in [-0.05, 0) is 34.6 Å². The van der Waals surface area contributed by atoms with Crippen LogP contribution in [0.3, 0.4) is 0 Å². The first-order chi connectivity index (χ1) is 16.2. The second-order valence-corrected chi connectivity index (χ2v) is 10.1. The van der Waals surface area contributed by atoms with Crippen molar-refractivity contribution in [3.05, 3.63) is 107 Å². The van der Waals surface area contributed by atoms with Gasteiger partial charge < -0.3 is 14.7 Å². The average Bonchev–Trinajstić information content (AvgIpc) is 2.88. The van der Waals surface area contributed by atoms with Crippen LogP contribution < -0.4 is 4.05 Å². The second kappa shape index (κ2) is 9.79. The molecule has 0 saturated carbocycles. The molecule has 170 valence electrons. The number of hydrogen-bond acceptors (Lipinski definition) is 4. The Kier molecular flexibility index (Phi) is 6.62. The van der Waals surface area contributed by atoms with Crippen LogP contribution in [0.25, 0.3) is 0 Å². The fourth-order valence-electron chi connectivity index (χ4n) is 5.15. The molecule has 0 amide bonds. The zero-order valence-electron chi connectivity index (χ0n) is 18.6. The molecule has 0 radical (unpaired) electrons. The minimum Gasteiger partial charge on any atom is -0.579 e. The minimum atomic E-state index is -1.84. The van der Waals surface area contributed by atoms with Gasteiger partial charge in [-0.3, -0.25) is 0 Å². The van der Waals surface area contributed by atoms with E-state index < -0.39 is 15.6 Å². The third kappa shape index (κ3) is 4.50. The number of piperidine rings is 1. The van der Waals surface area contributed by atoms with Crippen LogP contribution in [-0.2, 0) is 11.5 Å². The normalized spacial score (nSPS) is 23.5. The fourth-order valence-corrected chi connectivity index (χ4v) is 6.30. The maximum absolute atomic E-state index is 13.9. The maximum atomic E-state index is 13.9. The van der Waals surface area contributed by atoms with E-state index in [1.807, 2.05) is 24.3 Å². The van der Waals surface area contributed by atoms with Crippen molar-refractivity contribution in [2.45, 2.75) is 31.2 Å². The lowest BCUT2D eigenvalue weighted by Crippen LogP contribution is -2.59. The van der Waals surface area contributed by atoms with Gasteiger partial charge in [-0.15, -0.1) is 4.05 Å². The lowest BCUT2D eigenvalue weighted by molar-refractivity contribution is 0.174. The average molecular weight is 460 g/mol. The van der Waals surface area contributed by atoms with Crippen molar-refractivity contribution < 1.29 is 4.55 Å². The summed E-state index contributed by atoms with van der Waals surface area (Å²) in [4.78, 5) is 2.45. The van der Waals surface area contributed by atoms with Crippen molar-refractivity contribution in [1.82, 2.24) is 8.95 Å². The monoisotopic (exact) mass is 459 g/mol. The molecule has 2 aliphatic heterocycles. The highest BCUT2D eigenvalue weighted by Gasteiger charge is 2.48. The van der Waals surface area contributed by atoms with Crippen LogP contribution in [0.1, 0.15) is 41.9 Å². The summed E-state index contributed by atoms with van der Waals surface area (Å²) in [5, 5.41) is 13.9. The molecule has 0 spiro atoms. The summed E-state index contributed by atoms with van der Waals surface area (Å²) in [5.74, 6) is 0.346. The summed E-state index contributed by atoms with van der Waals surface area (Å²) in [6.45, 7) is 2.65. The molecule has 6 heteroatoms. The number of hydrogen-bond donors (Lipinski definition) is 0. The second-order valence-electron chi connectivity index (χ2n) is 8.86. The topological polar surface area (TPSA) is 61.7 Å². The number of nitrogens with zero attached hydrogens (tertiary/aromatic N) is 3. The van der Waals surface area contributed by atoms with Crippen LogP contribution in [0.2, 0.25) is 0 Å². The van der Waals surface area contributed by atoms with Crippen molar-refractivity contribution in [2.75, 3.05) is 19.6 Å². The van der Waals surface area contributed by atoms with Gasteiger partial charge in [0.1, 0.15) is 6.04 Å². The largest absolute Gasteiger partial charge is 0.579 e. The Morgan fingerprint density at radius 2 is 1.45 bits per heavy atom. The van der Waals surface area contributed by atoms with Crippen molar-refractivity contribution in [3.63, 3.8) is 0 Å². The summed E-state index contributed by atoms with van der Waals surface area (Å²) >= 11 is -1.84. The number of rotatable bonds is 6. The molecule has 1 fully saturated rings. The molecular weight excluding hydrogens is 430 g/mol. The lowest BCUT2D eigenvalue weighted by Gasteiger charge is -2.46. The van der Waals surface area contributed by atoms with Crippen molar-refractivity contribution >= 4 is 23.4 Å². The fraction of sp³-hybridized carbons (Fsp3) is 0.296. The van der Waals surface area contributed by atoms with Crippen molar-refractivity contribution in [2.24, 2.45) is 4.40 Å². The molecule has 0 aromatic heterocycles. The van der Waals surface area contributed by atoms with Gasteiger partial charge in [-0.1, -0.05) is 72.8 Å². The molecule has 5 rings (SSSR count). The van der Waals surface area contributed by atoms with Crippen LogP contribution in [0.4, 0.5) is 5.69 Å². The van der Waals surface area contributed by atoms with Crippen LogP contribution in [-0.4, -0.2) is 41.3 Å². The number of para-hydroxylation sites is 1. The number of quaternary nitrogens is 1. The molecule has 2 heterocycles. The molecule has 2 unspecified atom stereocenters. The van der Waals surface area contributed by atoms with Gasteiger partial charge in [0, 0.05) is 37.9 Å². The van der Waals surface area contributed by atoms with E-state index in [-0.39, 0.29) is 6.04 Å². The van der Waals surface area contributed by atoms with Crippen LogP contribution >= 0.6 is 0 Å². The first-order valence-electron chi connectivity index (χ1n) is 11.6. The highest BCUT2D eigenvalue weighted by molar-refractivity contribution is 7.90. The zero-order valence-corrected chi connectivity index (χ0v) is 19.4. The summed E-state index contributed by atoms with van der Waals surface area (Å²) in [6.07, 6.45) is 4.04. The van der Waals surface area contributed by atoms with Crippen LogP contribution in [0.5, 0.6) is 0 Å². The Morgan fingerprint density at radius 1 is 0.879 bits per heavy atom. The quantitative estimate of drug-likeness (QED) is 0.290. The van der Waals surface area contributed by atoms with Crippen LogP contribution in [0, 0.1) is 5.21 Å². The molecule has 2 atom stereocenters. The molecule has 33 heavy (non-hydrogen) atoms. The molecule has 0 N–H and O–H groups in total. The SMILES string of the molecule is [O-][S+]1N=Cc2ccccc2[N+]1([O-])C1CCN(CCC(c2ccccc2)c2ccccc2)CC1. The highest BCUT2D eigenvalue weighted by atomic mass is 32.2. The van der Waals surface area contributed by atoms with Crippen molar-refractivity contribution in [3.8, 4) is 0 Å². The summed E-state index contributed by atoms with van der Waals surface area (Å²) in [5.41, 5.74) is 4.03. The lowest BCUT2D eigenvalue weighted by atomic mass is 9.88. The Morgan fingerprint density at radius 3 is 2.09 bits per heavy atom. The van der Waals surface area contributed by atoms with E-state index in [9.17, 15) is 9.76 Å². The van der Waals surface area contributed by atoms with Gasteiger partial charge in [0.2, 0.25) is 0 Å². The summed E-state index contributed by atoms with van der Waals surface area (Å²) in [7, 11) is 0. The molecule has 2 aliphatic rings.